The van der Waals surface area contributed by atoms with Crippen LogP contribution in [0.25, 0.3) is 0 Å². The molecule has 4 rings (SSSR count). The number of anilines is 2. The Morgan fingerprint density at radius 3 is 2.81 bits per heavy atom. The Balaban J connectivity index is 1.35. The molecule has 160 valence electrons. The lowest BCUT2D eigenvalue weighted by Crippen LogP contribution is -2.40. The van der Waals surface area contributed by atoms with E-state index in [1.54, 1.807) is 42.3 Å². The molecule has 2 heterocycles. The van der Waals surface area contributed by atoms with Gasteiger partial charge in [0.15, 0.2) is 0 Å². The maximum atomic E-state index is 12.6. The molecule has 6 nitrogen and oxygen atoms in total. The zero-order valence-corrected chi connectivity index (χ0v) is 18.3. The van der Waals surface area contributed by atoms with Crippen molar-refractivity contribution >= 4 is 35.0 Å². The summed E-state index contributed by atoms with van der Waals surface area (Å²) in [5.41, 5.74) is 5.72. The van der Waals surface area contributed by atoms with Crippen LogP contribution in [0.5, 0.6) is 0 Å². The molecule has 0 radical (unpaired) electrons. The van der Waals surface area contributed by atoms with E-state index in [1.165, 1.54) is 16.7 Å². The minimum Gasteiger partial charge on any atom is -0.467 e. The smallest absolute Gasteiger partial charge is 0.251 e. The van der Waals surface area contributed by atoms with E-state index in [1.807, 2.05) is 6.07 Å². The van der Waals surface area contributed by atoms with E-state index < -0.39 is 0 Å². The normalized spacial score (nSPS) is 15.0. The number of thioether (sulfide) groups is 1. The molecule has 1 aliphatic rings. The van der Waals surface area contributed by atoms with Gasteiger partial charge in [-0.1, -0.05) is 23.8 Å². The molecule has 1 atom stereocenters. The molecule has 7 heteroatoms. The zero-order valence-electron chi connectivity index (χ0n) is 17.5. The van der Waals surface area contributed by atoms with Gasteiger partial charge < -0.3 is 20.4 Å². The van der Waals surface area contributed by atoms with Gasteiger partial charge in [-0.05, 0) is 55.3 Å². The Hall–Kier alpha value is -3.19. The van der Waals surface area contributed by atoms with Crippen LogP contribution in [-0.2, 0) is 17.1 Å². The maximum absolute atomic E-state index is 12.6. The molecule has 2 aromatic carbocycles. The van der Waals surface area contributed by atoms with Crippen LogP contribution in [-0.4, -0.2) is 23.6 Å². The Bertz CT molecular complexity index is 1100. The fourth-order valence-corrected chi connectivity index (χ4v) is 4.55. The minimum absolute atomic E-state index is 0.0888. The number of benzene rings is 2. The van der Waals surface area contributed by atoms with E-state index in [2.05, 4.69) is 48.0 Å². The lowest BCUT2D eigenvalue weighted by molar-refractivity contribution is -0.116. The maximum Gasteiger partial charge on any atom is 0.251 e. The van der Waals surface area contributed by atoms with Crippen molar-refractivity contribution < 1.29 is 14.0 Å². The largest absolute Gasteiger partial charge is 0.467 e. The Morgan fingerprint density at radius 1 is 1.13 bits per heavy atom. The highest BCUT2D eigenvalue weighted by Crippen LogP contribution is 2.29. The average Bonchev–Trinajstić information content (AvgIpc) is 3.28. The summed E-state index contributed by atoms with van der Waals surface area (Å²) in [6.07, 6.45) is 1.57. The van der Waals surface area contributed by atoms with Crippen LogP contribution >= 0.6 is 11.8 Å². The molecule has 0 saturated carbocycles. The summed E-state index contributed by atoms with van der Waals surface area (Å²) in [6, 6.07) is 15.0. The summed E-state index contributed by atoms with van der Waals surface area (Å²) in [5, 5.41) is 9.04. The minimum atomic E-state index is -0.318. The van der Waals surface area contributed by atoms with Crippen molar-refractivity contribution in [3.63, 3.8) is 0 Å². The quantitative estimate of drug-likeness (QED) is 0.509. The van der Waals surface area contributed by atoms with Crippen molar-refractivity contribution in [2.24, 2.45) is 0 Å². The third-order valence-electron chi connectivity index (χ3n) is 5.24. The first-order valence-corrected chi connectivity index (χ1v) is 11.3. The third kappa shape index (κ3) is 5.11. The number of fused-ring (bicyclic) bond motifs is 1. The first-order valence-electron chi connectivity index (χ1n) is 10.2. The number of hydrogen-bond donors (Lipinski definition) is 3. The number of rotatable bonds is 7. The van der Waals surface area contributed by atoms with Gasteiger partial charge in [0.05, 0.1) is 24.2 Å². The summed E-state index contributed by atoms with van der Waals surface area (Å²) < 4.78 is 5.23. The number of aryl methyl sites for hydroxylation is 2. The number of carbonyl (C=O) groups is 2. The highest BCUT2D eigenvalue weighted by molar-refractivity contribution is 7.98. The van der Waals surface area contributed by atoms with Crippen molar-refractivity contribution in [1.82, 2.24) is 5.32 Å². The molecule has 1 aromatic heterocycles. The summed E-state index contributed by atoms with van der Waals surface area (Å²) in [4.78, 5) is 25.0. The van der Waals surface area contributed by atoms with Gasteiger partial charge in [-0.15, -0.1) is 0 Å². The van der Waals surface area contributed by atoms with Crippen molar-refractivity contribution in [3.05, 3.63) is 82.8 Å². The topological polar surface area (TPSA) is 83.4 Å². The summed E-state index contributed by atoms with van der Waals surface area (Å²) >= 11 is 1.73. The summed E-state index contributed by atoms with van der Waals surface area (Å²) in [5.74, 6) is 1.89. The van der Waals surface area contributed by atoms with Gasteiger partial charge in [-0.25, -0.2) is 0 Å². The molecule has 3 aromatic rings. The number of nitrogens with one attached hydrogen (secondary N) is 3. The van der Waals surface area contributed by atoms with Crippen LogP contribution in [0.15, 0.2) is 59.2 Å². The number of carbonyl (C=O) groups excluding carboxylic acids is 2. The Kier molecular flexibility index (Phi) is 6.32. The monoisotopic (exact) mass is 435 g/mol. The molecule has 0 spiro atoms. The molecule has 2 amide bonds. The SMILES string of the molecule is Cc1ccc(C)c(CSCC2Nc3ccc(C(=O)NCc4ccco4)cc3NC2=O)c1. The second-order valence-corrected chi connectivity index (χ2v) is 8.68. The van der Waals surface area contributed by atoms with E-state index in [-0.39, 0.29) is 17.9 Å². The van der Waals surface area contributed by atoms with Gasteiger partial charge in [-0.3, -0.25) is 9.59 Å². The first-order chi connectivity index (χ1) is 15.0. The molecular formula is C24H25N3O3S. The molecule has 0 fully saturated rings. The molecule has 3 N–H and O–H groups in total. The number of hydrogen-bond acceptors (Lipinski definition) is 5. The van der Waals surface area contributed by atoms with Crippen LogP contribution in [0.4, 0.5) is 11.4 Å². The predicted octanol–water partition coefficient (Wildman–Crippen LogP) is 4.49. The zero-order chi connectivity index (χ0) is 21.8. The van der Waals surface area contributed by atoms with Gasteiger partial charge in [0.2, 0.25) is 5.91 Å². The Morgan fingerprint density at radius 2 is 2.00 bits per heavy atom. The van der Waals surface area contributed by atoms with Crippen molar-refractivity contribution in [1.29, 1.82) is 0 Å². The molecule has 31 heavy (non-hydrogen) atoms. The first kappa shape index (κ1) is 21.1. The van der Waals surface area contributed by atoms with Crippen molar-refractivity contribution in [3.8, 4) is 0 Å². The second-order valence-electron chi connectivity index (χ2n) is 7.65. The van der Waals surface area contributed by atoms with Gasteiger partial charge in [0, 0.05) is 17.1 Å². The highest BCUT2D eigenvalue weighted by atomic mass is 32.2. The molecule has 1 aliphatic heterocycles. The molecule has 0 aliphatic carbocycles. The van der Waals surface area contributed by atoms with Crippen LogP contribution in [0.2, 0.25) is 0 Å². The van der Waals surface area contributed by atoms with Gasteiger partial charge in [0.1, 0.15) is 11.8 Å². The number of amides is 2. The average molecular weight is 436 g/mol. The van der Waals surface area contributed by atoms with Crippen LogP contribution in [0.1, 0.15) is 32.8 Å². The predicted molar refractivity (Wildman–Crippen MR) is 124 cm³/mol. The van der Waals surface area contributed by atoms with Crippen LogP contribution in [0.3, 0.4) is 0 Å². The molecule has 0 saturated heterocycles. The second kappa shape index (κ2) is 9.31. The summed E-state index contributed by atoms with van der Waals surface area (Å²) in [6.45, 7) is 4.51. The fraction of sp³-hybridized carbons (Fsp3) is 0.250. The van der Waals surface area contributed by atoms with E-state index >= 15 is 0 Å². The lowest BCUT2D eigenvalue weighted by Gasteiger charge is -2.27. The Labute approximate surface area is 185 Å². The van der Waals surface area contributed by atoms with E-state index in [0.29, 0.717) is 29.3 Å². The molecule has 0 bridgehead atoms. The fourth-order valence-electron chi connectivity index (χ4n) is 3.43. The molecular weight excluding hydrogens is 410 g/mol. The highest BCUT2D eigenvalue weighted by Gasteiger charge is 2.26. The van der Waals surface area contributed by atoms with E-state index in [0.717, 1.165) is 11.4 Å². The molecule has 1 unspecified atom stereocenters. The van der Waals surface area contributed by atoms with Gasteiger partial charge in [0.25, 0.3) is 5.91 Å². The van der Waals surface area contributed by atoms with E-state index in [4.69, 9.17) is 4.42 Å². The standard InChI is InChI=1S/C24H25N3O3S/c1-15-5-6-16(2)18(10-15)13-31-14-22-24(29)27-21-11-17(7-8-20(21)26-22)23(28)25-12-19-4-3-9-30-19/h3-11,22,26H,12-14H2,1-2H3,(H,25,28)(H,27,29). The van der Waals surface area contributed by atoms with Crippen molar-refractivity contribution in [2.75, 3.05) is 16.4 Å². The number of furan rings is 1. The third-order valence-corrected chi connectivity index (χ3v) is 6.32. The van der Waals surface area contributed by atoms with Crippen molar-refractivity contribution in [2.45, 2.75) is 32.2 Å². The van der Waals surface area contributed by atoms with Crippen LogP contribution in [0, 0.1) is 13.8 Å². The van der Waals surface area contributed by atoms with Gasteiger partial charge >= 0.3 is 0 Å². The lowest BCUT2D eigenvalue weighted by atomic mass is 10.1. The van der Waals surface area contributed by atoms with Crippen LogP contribution < -0.4 is 16.0 Å². The van der Waals surface area contributed by atoms with Gasteiger partial charge in [-0.2, -0.15) is 11.8 Å². The summed E-state index contributed by atoms with van der Waals surface area (Å²) in [7, 11) is 0. The van der Waals surface area contributed by atoms with E-state index in [9.17, 15) is 9.59 Å².